The molecule has 0 radical (unpaired) electrons. The summed E-state index contributed by atoms with van der Waals surface area (Å²) in [6.07, 6.45) is -0.0424. The maximum atomic E-state index is 2.79. The van der Waals surface area contributed by atoms with Crippen LogP contribution < -0.4 is 31.3 Å². The third kappa shape index (κ3) is 6.49. The highest BCUT2D eigenvalue weighted by atomic mass is 32.2. The Morgan fingerprint density at radius 1 is 0.322 bits per heavy atom. The van der Waals surface area contributed by atoms with Gasteiger partial charge in [0.15, 0.2) is 0 Å². The number of para-hydroxylation sites is 4. The molecule has 11 rings (SSSR count). The molecule has 0 spiro atoms. The molecule has 9 aromatic rings. The van der Waals surface area contributed by atoms with Crippen molar-refractivity contribution < 1.29 is 0 Å². The predicted octanol–water partition coefficient (Wildman–Crippen LogP) is 8.46. The standard InChI is InChI=1S/C48H37B5N4S2/c1-6-20-38(21-7-1)49-55(43-26-12-4-13-27-43)50(39-22-8-2-9-23-39)57-51(58-52(41-24-10-3-11-25-41)59-53(57)56(49)44-28-14-5-15-29-44)40-34-36-42(37-35-40)54-47-32-18-16-30-45(47)46-31-17-19-33-48(46)54/h1-37H. The van der Waals surface area contributed by atoms with Gasteiger partial charge in [-0.25, -0.2) is 11.5 Å². The molecule has 8 aromatic carbocycles. The van der Waals surface area contributed by atoms with E-state index < -0.39 is 0 Å². The number of aromatic nitrogens is 1. The second-order valence-corrected chi connectivity index (χ2v) is 17.8. The first kappa shape index (κ1) is 36.2. The summed E-state index contributed by atoms with van der Waals surface area (Å²) in [5, 5.41) is 2.73. The Balaban J connectivity index is 1.14. The van der Waals surface area contributed by atoms with Crippen molar-refractivity contribution in [3.8, 4) is 5.69 Å². The van der Waals surface area contributed by atoms with E-state index in [1.165, 1.54) is 55.0 Å². The van der Waals surface area contributed by atoms with E-state index in [0.717, 1.165) is 5.69 Å². The van der Waals surface area contributed by atoms with E-state index in [9.17, 15) is 0 Å². The van der Waals surface area contributed by atoms with Crippen LogP contribution in [0.2, 0.25) is 0 Å². The van der Waals surface area contributed by atoms with Gasteiger partial charge in [-0.1, -0.05) is 187 Å². The van der Waals surface area contributed by atoms with E-state index in [4.69, 9.17) is 0 Å². The largest absolute Gasteiger partial charge is 0.422 e. The molecular weight excluding hydrogens is 751 g/mol. The molecule has 3 heterocycles. The van der Waals surface area contributed by atoms with Crippen LogP contribution in [-0.2, 0) is 0 Å². The van der Waals surface area contributed by atoms with Gasteiger partial charge in [-0.2, -0.15) is 11.5 Å². The second kappa shape index (κ2) is 15.7. The Bertz CT molecular complexity index is 2790. The highest BCUT2D eigenvalue weighted by Crippen LogP contribution is 2.42. The van der Waals surface area contributed by atoms with E-state index in [-0.39, 0.29) is 31.6 Å². The molecule has 1 aromatic heterocycles. The summed E-state index contributed by atoms with van der Waals surface area (Å²) < 4.78 is 10.6. The quantitative estimate of drug-likeness (QED) is 0.150. The average molecular weight is 788 g/mol. The SMILES string of the molecule is c1ccc(B2SB(c3ccc(-n4c5ccccc5c5ccccc54)cc3)N3B(S2)N(c2ccccc2)B(c2ccccc2)N(c2ccccc2)B3c2ccccc2)cc1. The number of rotatable bonds is 7. The van der Waals surface area contributed by atoms with Crippen molar-refractivity contribution >= 4 is 110 Å². The zero-order valence-electron chi connectivity index (χ0n) is 32.4. The van der Waals surface area contributed by atoms with Gasteiger partial charge in [-0.3, -0.25) is 0 Å². The molecule has 0 unspecified atom stereocenters. The van der Waals surface area contributed by atoms with Crippen molar-refractivity contribution in [1.29, 1.82) is 0 Å². The van der Waals surface area contributed by atoms with Crippen molar-refractivity contribution in [2.45, 2.75) is 0 Å². The molecule has 2 aliphatic heterocycles. The van der Waals surface area contributed by atoms with Crippen molar-refractivity contribution in [2.75, 3.05) is 9.44 Å². The zero-order chi connectivity index (χ0) is 39.1. The van der Waals surface area contributed by atoms with Crippen LogP contribution in [0.4, 0.5) is 11.4 Å². The lowest BCUT2D eigenvalue weighted by atomic mass is 9.40. The molecule has 0 N–H and O–H groups in total. The maximum Gasteiger partial charge on any atom is 0.388 e. The zero-order valence-corrected chi connectivity index (χ0v) is 34.0. The van der Waals surface area contributed by atoms with Gasteiger partial charge in [0, 0.05) is 27.8 Å². The topological polar surface area (TPSA) is 14.7 Å². The second-order valence-electron chi connectivity index (χ2n) is 15.2. The monoisotopic (exact) mass is 788 g/mol. The van der Waals surface area contributed by atoms with Crippen LogP contribution in [0, 0.1) is 0 Å². The summed E-state index contributed by atoms with van der Waals surface area (Å²) in [6.45, 7) is -0.217. The highest BCUT2D eigenvalue weighted by molar-refractivity contribution is 8.73. The first-order valence-electron chi connectivity index (χ1n) is 20.3. The molecule has 59 heavy (non-hydrogen) atoms. The lowest BCUT2D eigenvalue weighted by molar-refractivity contribution is 1.01. The van der Waals surface area contributed by atoms with Gasteiger partial charge in [0.2, 0.25) is 0 Å². The van der Waals surface area contributed by atoms with Crippen molar-refractivity contribution in [1.82, 2.24) is 9.20 Å². The Morgan fingerprint density at radius 3 is 1.31 bits per heavy atom. The van der Waals surface area contributed by atoms with E-state index in [1.54, 1.807) is 0 Å². The molecule has 0 bridgehead atoms. The minimum Gasteiger partial charge on any atom is -0.422 e. The van der Waals surface area contributed by atoms with Gasteiger partial charge >= 0.3 is 20.2 Å². The molecule has 0 aliphatic carbocycles. The molecule has 2 fully saturated rings. The fourth-order valence-electron chi connectivity index (χ4n) is 9.17. The minimum absolute atomic E-state index is 0.00184. The van der Waals surface area contributed by atoms with Crippen molar-refractivity contribution in [2.24, 2.45) is 0 Å². The van der Waals surface area contributed by atoms with Gasteiger partial charge in [0.25, 0.3) is 11.4 Å². The summed E-state index contributed by atoms with van der Waals surface area (Å²) in [5.74, 6) is 0. The fraction of sp³-hybridized carbons (Fsp3) is 0. The maximum absolute atomic E-state index is 2.79. The average Bonchev–Trinajstić information content (AvgIpc) is 3.66. The molecule has 0 saturated carbocycles. The van der Waals surface area contributed by atoms with Crippen LogP contribution in [0.1, 0.15) is 0 Å². The van der Waals surface area contributed by atoms with Crippen LogP contribution >= 0.6 is 22.9 Å². The lowest BCUT2D eigenvalue weighted by Crippen LogP contribution is -2.87. The minimum atomic E-state index is -0.113. The van der Waals surface area contributed by atoms with E-state index in [0.29, 0.717) is 0 Å². The third-order valence-corrected chi connectivity index (χ3v) is 14.9. The van der Waals surface area contributed by atoms with Crippen LogP contribution in [0.15, 0.2) is 224 Å². The molecule has 4 nitrogen and oxygen atoms in total. The lowest BCUT2D eigenvalue weighted by Gasteiger charge is -2.59. The summed E-state index contributed by atoms with van der Waals surface area (Å²) in [4.78, 5) is 0. The van der Waals surface area contributed by atoms with Crippen molar-refractivity contribution in [3.63, 3.8) is 0 Å². The van der Waals surface area contributed by atoms with Crippen LogP contribution in [-0.4, -0.2) is 40.8 Å². The Labute approximate surface area is 356 Å². The van der Waals surface area contributed by atoms with E-state index in [2.05, 4.69) is 266 Å². The molecule has 11 heteroatoms. The first-order valence-corrected chi connectivity index (χ1v) is 22.2. The highest BCUT2D eigenvalue weighted by Gasteiger charge is 2.61. The number of hydrogen-bond donors (Lipinski definition) is 0. The molecule has 276 valence electrons. The summed E-state index contributed by atoms with van der Waals surface area (Å²) in [7, 11) is 0. The van der Waals surface area contributed by atoms with Gasteiger partial charge < -0.3 is 18.6 Å². The summed E-state index contributed by atoms with van der Waals surface area (Å²) >= 11 is 4.10. The first-order chi connectivity index (χ1) is 29.3. The molecule has 2 aliphatic rings. The number of benzene rings is 8. The number of anilines is 2. The predicted molar refractivity (Wildman–Crippen MR) is 262 cm³/mol. The number of hydrogen-bond acceptors (Lipinski definition) is 5. The van der Waals surface area contributed by atoms with E-state index >= 15 is 0 Å². The summed E-state index contributed by atoms with van der Waals surface area (Å²) in [6, 6.07) is 82.4. The van der Waals surface area contributed by atoms with Gasteiger partial charge in [-0.05, 0) is 59.5 Å². The molecule has 0 amide bonds. The smallest absolute Gasteiger partial charge is 0.388 e. The van der Waals surface area contributed by atoms with Gasteiger partial charge in [0.05, 0.1) is 11.0 Å². The van der Waals surface area contributed by atoms with Gasteiger partial charge in [0.1, 0.15) is 0 Å². The number of nitrogens with zero attached hydrogens (tertiary/aromatic N) is 4. The summed E-state index contributed by atoms with van der Waals surface area (Å²) in [5.41, 5.74) is 11.1. The van der Waals surface area contributed by atoms with Crippen LogP contribution in [0.5, 0.6) is 0 Å². The van der Waals surface area contributed by atoms with Crippen LogP contribution in [0.3, 0.4) is 0 Å². The molecular formula is C48H37B5N4S2. The number of fused-ring (bicyclic) bond motifs is 4. The fourth-order valence-corrected chi connectivity index (χ4v) is 12.6. The molecule has 0 atom stereocenters. The Morgan fingerprint density at radius 2 is 0.763 bits per heavy atom. The Kier molecular flexibility index (Phi) is 9.66. The van der Waals surface area contributed by atoms with Crippen LogP contribution in [0.25, 0.3) is 27.5 Å². The third-order valence-electron chi connectivity index (χ3n) is 11.7. The van der Waals surface area contributed by atoms with Crippen molar-refractivity contribution in [3.05, 3.63) is 224 Å². The van der Waals surface area contributed by atoms with Gasteiger partial charge in [-0.15, -0.1) is 0 Å². The van der Waals surface area contributed by atoms with E-state index in [1.807, 2.05) is 0 Å². The molecule has 2 saturated heterocycles. The normalized spacial score (nSPS) is 14.7. The Hall–Kier alpha value is -5.86.